The molecule has 0 saturated carbocycles. The molecule has 15 heteroatoms. The molecule has 0 fully saturated rings. The molecule has 12 nitrogen and oxygen atoms in total. The lowest BCUT2D eigenvalue weighted by Crippen LogP contribution is -2.51. The molecule has 0 saturated heterocycles. The monoisotopic (exact) mass is 916 g/mol. The van der Waals surface area contributed by atoms with E-state index in [2.05, 4.69) is 46.5 Å². The molecule has 2 aromatic heterocycles. The zero-order chi connectivity index (χ0) is 47.9. The topological polar surface area (TPSA) is 170 Å². The average molecular weight is 917 g/mol. The van der Waals surface area contributed by atoms with E-state index in [4.69, 9.17) is 9.41 Å². The Kier molecular flexibility index (Phi) is 13.3. The Morgan fingerprint density at radius 1 is 0.652 bits per heavy atom. The van der Waals surface area contributed by atoms with E-state index in [0.29, 0.717) is 69.2 Å². The number of aliphatic carboxylic acids is 2. The first-order valence-electron chi connectivity index (χ1n) is 22.0. The van der Waals surface area contributed by atoms with E-state index in [1.807, 2.05) is 6.07 Å². The number of phenolic OH excluding ortho intramolecular Hbond substituents is 1. The van der Waals surface area contributed by atoms with Crippen molar-refractivity contribution < 1.29 is 47.7 Å². The van der Waals surface area contributed by atoms with Crippen molar-refractivity contribution in [2.24, 2.45) is 0 Å². The summed E-state index contributed by atoms with van der Waals surface area (Å²) >= 11 is 0. The molecular formula is C51H54F2N4O8Si. The van der Waals surface area contributed by atoms with E-state index >= 15 is 0 Å². The van der Waals surface area contributed by atoms with Crippen LogP contribution in [-0.4, -0.2) is 81.3 Å². The number of pyridine rings is 2. The van der Waals surface area contributed by atoms with Crippen LogP contribution in [0, 0.1) is 11.6 Å². The molecule has 4 heterocycles. The van der Waals surface area contributed by atoms with E-state index in [-0.39, 0.29) is 76.3 Å². The van der Waals surface area contributed by atoms with Gasteiger partial charge in [-0.05, 0) is 110 Å². The molecule has 0 aliphatic carbocycles. The van der Waals surface area contributed by atoms with E-state index in [1.54, 1.807) is 61.7 Å². The largest absolute Gasteiger partial charge is 0.541 e. The Bertz CT molecular complexity index is 2880. The number of carbonyl (C=O) groups is 4. The van der Waals surface area contributed by atoms with Gasteiger partial charge in [0.1, 0.15) is 28.4 Å². The van der Waals surface area contributed by atoms with E-state index in [0.717, 1.165) is 22.3 Å². The molecule has 4 aromatic carbocycles. The molecular weight excluding hydrogens is 863 g/mol. The lowest BCUT2D eigenvalue weighted by Gasteiger charge is -2.42. The number of carboxylic acids is 2. The van der Waals surface area contributed by atoms with Crippen molar-refractivity contribution in [1.29, 1.82) is 0 Å². The van der Waals surface area contributed by atoms with Gasteiger partial charge in [-0.3, -0.25) is 29.1 Å². The molecule has 0 bridgehead atoms. The minimum Gasteiger partial charge on any atom is -0.541 e. The second-order valence-corrected chi connectivity index (χ2v) is 23.7. The summed E-state index contributed by atoms with van der Waals surface area (Å²) in [5.41, 5.74) is 7.95. The van der Waals surface area contributed by atoms with Gasteiger partial charge in [-0.2, -0.15) is 0 Å². The number of carboxylic acid groups (broad SMARTS) is 2. The van der Waals surface area contributed by atoms with Crippen molar-refractivity contribution in [2.45, 2.75) is 96.9 Å². The predicted molar refractivity (Wildman–Crippen MR) is 250 cm³/mol. The van der Waals surface area contributed by atoms with Gasteiger partial charge in [-0.1, -0.05) is 65.8 Å². The molecule has 3 N–H and O–H groups in total. The van der Waals surface area contributed by atoms with Gasteiger partial charge < -0.3 is 29.5 Å². The van der Waals surface area contributed by atoms with Crippen molar-refractivity contribution in [2.75, 3.05) is 14.1 Å². The summed E-state index contributed by atoms with van der Waals surface area (Å²) in [5.74, 6) is -2.86. The molecule has 0 atom stereocenters. The zero-order valence-electron chi connectivity index (χ0n) is 38.3. The summed E-state index contributed by atoms with van der Waals surface area (Å²) in [4.78, 5) is 61.5. The normalized spacial score (nSPS) is 13.5. The molecule has 344 valence electrons. The zero-order valence-corrected chi connectivity index (χ0v) is 39.3. The highest BCUT2D eigenvalue weighted by Crippen LogP contribution is 2.48. The molecule has 2 aliphatic rings. The van der Waals surface area contributed by atoms with Gasteiger partial charge in [0.2, 0.25) is 0 Å². The molecule has 66 heavy (non-hydrogen) atoms. The van der Waals surface area contributed by atoms with Crippen LogP contribution < -0.4 is 4.43 Å². The number of amides is 2. The summed E-state index contributed by atoms with van der Waals surface area (Å²) < 4.78 is 33.7. The molecule has 6 aromatic rings. The van der Waals surface area contributed by atoms with Crippen LogP contribution in [0.4, 0.5) is 8.78 Å². The van der Waals surface area contributed by atoms with Gasteiger partial charge >= 0.3 is 11.9 Å². The number of benzene rings is 4. The highest BCUT2D eigenvalue weighted by molar-refractivity contribution is 6.78. The van der Waals surface area contributed by atoms with Crippen molar-refractivity contribution >= 4 is 53.9 Å². The third kappa shape index (κ3) is 8.95. The maximum Gasteiger partial charge on any atom is 0.307 e. The van der Waals surface area contributed by atoms with Crippen LogP contribution in [-0.2, 0) is 48.4 Å². The second-order valence-electron chi connectivity index (χ2n) is 18.3. The van der Waals surface area contributed by atoms with Crippen molar-refractivity contribution in [3.8, 4) is 11.5 Å². The molecule has 0 radical (unpaired) electrons. The number of hydrogen-bond donors (Lipinski definition) is 3. The quantitative estimate of drug-likeness (QED) is 0.0949. The average Bonchev–Trinajstić information content (AvgIpc) is 3.73. The van der Waals surface area contributed by atoms with Crippen LogP contribution >= 0.6 is 0 Å². The first-order valence-corrected chi connectivity index (χ1v) is 24.1. The Hall–Kier alpha value is -6.74. The Morgan fingerprint density at radius 3 is 1.47 bits per heavy atom. The van der Waals surface area contributed by atoms with E-state index in [1.165, 1.54) is 29.2 Å². The van der Waals surface area contributed by atoms with Crippen LogP contribution in [0.2, 0.25) is 16.6 Å². The second kappa shape index (κ2) is 18.6. The number of fused-ring (bicyclic) bond motifs is 4. The lowest BCUT2D eigenvalue weighted by atomic mass is 9.93. The summed E-state index contributed by atoms with van der Waals surface area (Å²) in [6.07, 6.45) is 3.83. The van der Waals surface area contributed by atoms with Crippen molar-refractivity contribution in [1.82, 2.24) is 19.8 Å². The minimum absolute atomic E-state index is 0.130. The smallest absolute Gasteiger partial charge is 0.307 e. The Balaban J connectivity index is 0.000000205. The highest BCUT2D eigenvalue weighted by Gasteiger charge is 2.49. The number of nitrogens with zero attached hydrogens (tertiary/aromatic N) is 4. The van der Waals surface area contributed by atoms with Crippen LogP contribution in [0.25, 0.3) is 21.8 Å². The summed E-state index contributed by atoms with van der Waals surface area (Å²) in [6, 6.07) is 16.2. The fourth-order valence-corrected chi connectivity index (χ4v) is 15.3. The molecule has 2 amide bonds. The van der Waals surface area contributed by atoms with E-state index < -0.39 is 20.3 Å². The fourth-order valence-electron chi connectivity index (χ4n) is 10.00. The molecule has 8 rings (SSSR count). The number of aromatic hydroxyl groups is 1. The SMILES string of the molecule is CC(C)[Si](Oc1c2c(c(CC(=O)O)c3cc(Cc4ccc(F)cc4)cnc13)CN(C)C2=O)(C(C)C)C(C)C.CN1Cc2c(c(O)c3ncc(Cc4ccc(F)cc4)cc3c2CC(=O)O)C1=O. The number of rotatable bonds is 13. The van der Waals surface area contributed by atoms with Crippen molar-refractivity contribution in [3.05, 3.63) is 140 Å². The minimum atomic E-state index is -2.47. The molecule has 0 spiro atoms. The molecule has 2 aliphatic heterocycles. The third-order valence-corrected chi connectivity index (χ3v) is 18.9. The maximum atomic E-state index is 13.5. The molecule has 0 unspecified atom stereocenters. The fraction of sp³-hybridized carbons (Fsp3) is 0.333. The van der Waals surface area contributed by atoms with Gasteiger partial charge in [-0.25, -0.2) is 8.78 Å². The van der Waals surface area contributed by atoms with Gasteiger partial charge in [0, 0.05) is 50.4 Å². The number of phenols is 1. The summed E-state index contributed by atoms with van der Waals surface area (Å²) in [5, 5.41) is 31.0. The van der Waals surface area contributed by atoms with E-state index in [9.17, 15) is 43.3 Å². The third-order valence-electron chi connectivity index (χ3n) is 13.0. The highest BCUT2D eigenvalue weighted by atomic mass is 28.4. The first kappa shape index (κ1) is 47.2. The van der Waals surface area contributed by atoms with Crippen LogP contribution in [0.1, 0.15) is 107 Å². The van der Waals surface area contributed by atoms with Crippen LogP contribution in [0.5, 0.6) is 11.5 Å². The number of halogens is 2. The first-order chi connectivity index (χ1) is 31.2. The number of hydrogen-bond acceptors (Lipinski definition) is 8. The van der Waals surface area contributed by atoms with Crippen molar-refractivity contribution in [3.63, 3.8) is 0 Å². The van der Waals surface area contributed by atoms with Crippen LogP contribution in [0.3, 0.4) is 0 Å². The van der Waals surface area contributed by atoms with Gasteiger partial charge in [0.25, 0.3) is 20.1 Å². The van der Waals surface area contributed by atoms with Gasteiger partial charge in [-0.15, -0.1) is 0 Å². The standard InChI is InChI=1S/C30H37FN2O4Si.C21H17FN2O4/c1-17(2)38(18(3)4,19(5)6)37-29-27-25(16-33(7)30(27)36)23(14-26(34)35)24-13-21(15-32-28(24)29)12-20-8-10-22(31)11-9-20;1-24-10-16-14(8-17(25)26)15-7-12(6-11-2-4-13(22)5-3-11)9-23-19(15)20(27)18(16)21(24)28/h8-11,13,15,17-19H,12,14,16H2,1-7H3,(H,34,35);2-5,7,9,27H,6,8,10H2,1H3,(H,25,26). The Morgan fingerprint density at radius 2 is 1.05 bits per heavy atom. The van der Waals surface area contributed by atoms with Gasteiger partial charge in [0.15, 0.2) is 5.75 Å². The maximum absolute atomic E-state index is 13.5. The summed E-state index contributed by atoms with van der Waals surface area (Å²) in [7, 11) is 0.858. The number of aromatic nitrogens is 2. The Labute approximate surface area is 383 Å². The predicted octanol–water partition coefficient (Wildman–Crippen LogP) is 9.61. The lowest BCUT2D eigenvalue weighted by molar-refractivity contribution is -0.137. The van der Waals surface area contributed by atoms with Gasteiger partial charge in [0.05, 0.1) is 24.0 Å². The number of carbonyl (C=O) groups excluding carboxylic acids is 2. The van der Waals surface area contributed by atoms with Crippen LogP contribution in [0.15, 0.2) is 73.1 Å². The summed E-state index contributed by atoms with van der Waals surface area (Å²) in [6.45, 7) is 13.7.